The highest BCUT2D eigenvalue weighted by Crippen LogP contribution is 2.20. The van der Waals surface area contributed by atoms with Gasteiger partial charge in [-0.3, -0.25) is 4.68 Å². The highest BCUT2D eigenvalue weighted by molar-refractivity contribution is 5.99. The van der Waals surface area contributed by atoms with Crippen molar-refractivity contribution in [2.24, 2.45) is 17.9 Å². The topological polar surface area (TPSA) is 97.7 Å². The van der Waals surface area contributed by atoms with Gasteiger partial charge in [0, 0.05) is 26.3 Å². The van der Waals surface area contributed by atoms with E-state index in [0.29, 0.717) is 17.9 Å². The molecule has 0 aliphatic carbocycles. The first-order valence-corrected chi connectivity index (χ1v) is 6.48. The lowest BCUT2D eigenvalue weighted by molar-refractivity contribution is 0.318. The molecule has 0 spiro atoms. The fourth-order valence-corrected chi connectivity index (χ4v) is 2.02. The van der Waals surface area contributed by atoms with E-state index < -0.39 is 0 Å². The molecule has 0 bridgehead atoms. The molecular formula is C14H19N5O2. The Labute approximate surface area is 123 Å². The summed E-state index contributed by atoms with van der Waals surface area (Å²) in [5.41, 5.74) is 8.31. The minimum absolute atomic E-state index is 0.0289. The van der Waals surface area contributed by atoms with E-state index in [2.05, 4.69) is 15.6 Å². The molecule has 0 saturated carbocycles. The molecule has 112 valence electrons. The molecule has 2 aromatic rings. The first kappa shape index (κ1) is 14.9. The van der Waals surface area contributed by atoms with Crippen LogP contribution in [0.15, 0.2) is 35.6 Å². The van der Waals surface area contributed by atoms with Crippen LogP contribution in [-0.4, -0.2) is 27.9 Å². The first-order valence-electron chi connectivity index (χ1n) is 6.48. The third-order valence-electron chi connectivity index (χ3n) is 3.21. The third kappa shape index (κ3) is 3.51. The van der Waals surface area contributed by atoms with Crippen LogP contribution in [0.25, 0.3) is 0 Å². The summed E-state index contributed by atoms with van der Waals surface area (Å²) in [5.74, 6) is 0.603. The summed E-state index contributed by atoms with van der Waals surface area (Å²) in [6.45, 7) is 1.40. The average molecular weight is 289 g/mol. The van der Waals surface area contributed by atoms with Crippen molar-refractivity contribution >= 4 is 5.84 Å². The van der Waals surface area contributed by atoms with Crippen LogP contribution in [0, 0.1) is 0 Å². The van der Waals surface area contributed by atoms with Crippen molar-refractivity contribution in [1.29, 1.82) is 0 Å². The number of nitrogens with two attached hydrogens (primary N) is 1. The van der Waals surface area contributed by atoms with E-state index >= 15 is 0 Å². The predicted octanol–water partition coefficient (Wildman–Crippen LogP) is 0.813. The molecular weight excluding hydrogens is 270 g/mol. The van der Waals surface area contributed by atoms with Crippen LogP contribution >= 0.6 is 0 Å². The van der Waals surface area contributed by atoms with E-state index in [4.69, 9.17) is 15.7 Å². The Bertz CT molecular complexity index is 636. The van der Waals surface area contributed by atoms with Crippen molar-refractivity contribution in [1.82, 2.24) is 15.1 Å². The second-order valence-corrected chi connectivity index (χ2v) is 4.57. The van der Waals surface area contributed by atoms with Gasteiger partial charge in [-0.1, -0.05) is 11.2 Å². The van der Waals surface area contributed by atoms with Crippen LogP contribution in [0.4, 0.5) is 0 Å². The SMILES string of the molecule is COc1cc(CNCc2ccnn2C)ccc1/C(N)=N/O. The van der Waals surface area contributed by atoms with Crippen LogP contribution in [0.5, 0.6) is 5.75 Å². The zero-order chi connectivity index (χ0) is 15.2. The lowest BCUT2D eigenvalue weighted by atomic mass is 10.1. The number of rotatable bonds is 6. The van der Waals surface area contributed by atoms with Crippen molar-refractivity contribution < 1.29 is 9.94 Å². The van der Waals surface area contributed by atoms with Crippen LogP contribution in [0.2, 0.25) is 0 Å². The molecule has 21 heavy (non-hydrogen) atoms. The molecule has 0 aliphatic rings. The van der Waals surface area contributed by atoms with Gasteiger partial charge in [0.25, 0.3) is 0 Å². The normalized spacial score (nSPS) is 11.6. The lowest BCUT2D eigenvalue weighted by Gasteiger charge is -2.10. The monoisotopic (exact) mass is 289 g/mol. The Hall–Kier alpha value is -2.54. The third-order valence-corrected chi connectivity index (χ3v) is 3.21. The molecule has 0 saturated heterocycles. The van der Waals surface area contributed by atoms with Crippen molar-refractivity contribution in [3.63, 3.8) is 0 Å². The van der Waals surface area contributed by atoms with Crippen LogP contribution in [0.1, 0.15) is 16.8 Å². The number of aromatic nitrogens is 2. The van der Waals surface area contributed by atoms with Crippen LogP contribution < -0.4 is 15.8 Å². The Balaban J connectivity index is 2.02. The summed E-state index contributed by atoms with van der Waals surface area (Å²) < 4.78 is 7.09. The standard InChI is InChI=1S/C14H19N5O2/c1-19-11(5-6-17-19)9-16-8-10-3-4-12(14(15)18-20)13(7-10)21-2/h3-7,16,20H,8-9H2,1-2H3,(H2,15,18). The molecule has 1 aromatic carbocycles. The lowest BCUT2D eigenvalue weighted by Crippen LogP contribution is -2.17. The van der Waals surface area contributed by atoms with Crippen LogP contribution in [-0.2, 0) is 20.1 Å². The van der Waals surface area contributed by atoms with E-state index in [1.54, 1.807) is 19.4 Å². The summed E-state index contributed by atoms with van der Waals surface area (Å²) in [5, 5.41) is 19.2. The second-order valence-electron chi connectivity index (χ2n) is 4.57. The summed E-state index contributed by atoms with van der Waals surface area (Å²) in [6, 6.07) is 7.51. The van der Waals surface area contributed by atoms with Gasteiger partial charge in [0.15, 0.2) is 5.84 Å². The molecule has 0 amide bonds. The highest BCUT2D eigenvalue weighted by Gasteiger charge is 2.08. The maximum absolute atomic E-state index is 8.74. The quantitative estimate of drug-likeness (QED) is 0.316. The average Bonchev–Trinajstić information content (AvgIpc) is 2.91. The van der Waals surface area contributed by atoms with Gasteiger partial charge < -0.3 is 21.0 Å². The first-order chi connectivity index (χ1) is 10.2. The molecule has 7 nitrogen and oxygen atoms in total. The van der Waals surface area contributed by atoms with Crippen molar-refractivity contribution in [2.75, 3.05) is 7.11 Å². The van der Waals surface area contributed by atoms with Crippen molar-refractivity contribution in [3.8, 4) is 5.75 Å². The maximum atomic E-state index is 8.74. The number of ether oxygens (including phenoxy) is 1. The Morgan fingerprint density at radius 2 is 2.24 bits per heavy atom. The molecule has 4 N–H and O–H groups in total. The Kier molecular flexibility index (Phi) is 4.78. The molecule has 0 unspecified atom stereocenters. The van der Waals surface area contributed by atoms with Gasteiger partial charge >= 0.3 is 0 Å². The fraction of sp³-hybridized carbons (Fsp3) is 0.286. The van der Waals surface area contributed by atoms with Gasteiger partial charge in [-0.15, -0.1) is 0 Å². The number of hydrogen-bond donors (Lipinski definition) is 3. The number of oxime groups is 1. The minimum Gasteiger partial charge on any atom is -0.496 e. The largest absolute Gasteiger partial charge is 0.496 e. The summed E-state index contributed by atoms with van der Waals surface area (Å²) in [4.78, 5) is 0. The molecule has 0 fully saturated rings. The number of benzene rings is 1. The number of nitrogens with one attached hydrogen (secondary N) is 1. The summed E-state index contributed by atoms with van der Waals surface area (Å²) in [6.07, 6.45) is 1.77. The number of nitrogens with zero attached hydrogens (tertiary/aromatic N) is 3. The second kappa shape index (κ2) is 6.76. The van der Waals surface area contributed by atoms with Gasteiger partial charge in [-0.05, 0) is 23.8 Å². The predicted molar refractivity (Wildman–Crippen MR) is 79.3 cm³/mol. The zero-order valence-corrected chi connectivity index (χ0v) is 12.1. The Morgan fingerprint density at radius 3 is 2.86 bits per heavy atom. The van der Waals surface area contributed by atoms with E-state index in [1.807, 2.05) is 29.9 Å². The molecule has 0 atom stereocenters. The molecule has 2 rings (SSSR count). The van der Waals surface area contributed by atoms with E-state index in [-0.39, 0.29) is 5.84 Å². The van der Waals surface area contributed by atoms with E-state index in [1.165, 1.54) is 0 Å². The zero-order valence-electron chi connectivity index (χ0n) is 12.1. The maximum Gasteiger partial charge on any atom is 0.173 e. The van der Waals surface area contributed by atoms with Gasteiger partial charge in [-0.2, -0.15) is 5.10 Å². The molecule has 7 heteroatoms. The summed E-state index contributed by atoms with van der Waals surface area (Å²) in [7, 11) is 3.46. The van der Waals surface area contributed by atoms with Gasteiger partial charge in [0.05, 0.1) is 18.4 Å². The number of amidine groups is 1. The molecule has 1 aromatic heterocycles. The van der Waals surface area contributed by atoms with E-state index in [0.717, 1.165) is 17.8 Å². The van der Waals surface area contributed by atoms with E-state index in [9.17, 15) is 0 Å². The van der Waals surface area contributed by atoms with Gasteiger partial charge in [0.1, 0.15) is 5.75 Å². The van der Waals surface area contributed by atoms with Crippen molar-refractivity contribution in [2.45, 2.75) is 13.1 Å². The number of methoxy groups -OCH3 is 1. The fourth-order valence-electron chi connectivity index (χ4n) is 2.02. The van der Waals surface area contributed by atoms with Crippen molar-refractivity contribution in [3.05, 3.63) is 47.3 Å². The molecule has 0 aliphatic heterocycles. The van der Waals surface area contributed by atoms with Gasteiger partial charge in [0.2, 0.25) is 0 Å². The Morgan fingerprint density at radius 1 is 1.43 bits per heavy atom. The number of hydrogen-bond acceptors (Lipinski definition) is 5. The summed E-state index contributed by atoms with van der Waals surface area (Å²) >= 11 is 0. The molecule has 0 radical (unpaired) electrons. The molecule has 1 heterocycles. The van der Waals surface area contributed by atoms with Gasteiger partial charge in [-0.25, -0.2) is 0 Å². The number of aryl methyl sites for hydroxylation is 1. The van der Waals surface area contributed by atoms with Crippen LogP contribution in [0.3, 0.4) is 0 Å². The highest BCUT2D eigenvalue weighted by atomic mass is 16.5. The smallest absolute Gasteiger partial charge is 0.173 e. The minimum atomic E-state index is 0.0289.